The van der Waals surface area contributed by atoms with Gasteiger partial charge in [-0.3, -0.25) is 0 Å². The van der Waals surface area contributed by atoms with Crippen LogP contribution in [-0.4, -0.2) is 44.9 Å². The molecule has 0 aliphatic carbocycles. The van der Waals surface area contributed by atoms with E-state index in [4.69, 9.17) is 25.7 Å². The van der Waals surface area contributed by atoms with Gasteiger partial charge in [0.15, 0.2) is 17.8 Å². The highest BCUT2D eigenvalue weighted by molar-refractivity contribution is 5.82. The number of rotatable bonds is 2. The van der Waals surface area contributed by atoms with E-state index in [1.165, 1.54) is 0 Å². The zero-order chi connectivity index (χ0) is 18.4. The highest BCUT2D eigenvalue weighted by Gasteiger charge is 2.39. The van der Waals surface area contributed by atoms with Crippen LogP contribution in [0, 0.1) is 0 Å². The van der Waals surface area contributed by atoms with Crippen molar-refractivity contribution in [3.8, 4) is 0 Å². The van der Waals surface area contributed by atoms with Crippen molar-refractivity contribution in [1.29, 1.82) is 0 Å². The van der Waals surface area contributed by atoms with Crippen molar-refractivity contribution in [2.75, 3.05) is 24.7 Å². The number of fused-ring (bicyclic) bond motifs is 2. The lowest BCUT2D eigenvalue weighted by Gasteiger charge is -2.42. The molecule has 0 spiro atoms. The highest BCUT2D eigenvalue weighted by atomic mass is 16.7. The predicted molar refractivity (Wildman–Crippen MR) is 97.5 cm³/mol. The van der Waals surface area contributed by atoms with Crippen molar-refractivity contribution in [2.45, 2.75) is 31.0 Å². The van der Waals surface area contributed by atoms with Gasteiger partial charge in [0.25, 0.3) is 0 Å². The van der Waals surface area contributed by atoms with Crippen molar-refractivity contribution < 1.29 is 14.2 Å². The Hall–Kier alpha value is -2.75. The first kappa shape index (κ1) is 16.4. The zero-order valence-electron chi connectivity index (χ0n) is 14.6. The number of nitrogens with zero attached hydrogens (tertiary/aromatic N) is 4. The largest absolute Gasteiger partial charge is 0.382 e. The van der Waals surface area contributed by atoms with Crippen LogP contribution in [0.15, 0.2) is 36.7 Å². The second-order valence-electron chi connectivity index (χ2n) is 6.80. The fourth-order valence-corrected chi connectivity index (χ4v) is 3.71. The Labute approximate surface area is 155 Å². The van der Waals surface area contributed by atoms with E-state index in [2.05, 4.69) is 15.0 Å². The van der Waals surface area contributed by atoms with Gasteiger partial charge in [0.1, 0.15) is 11.6 Å². The van der Waals surface area contributed by atoms with Gasteiger partial charge in [-0.25, -0.2) is 4.98 Å². The molecule has 2 saturated heterocycles. The highest BCUT2D eigenvalue weighted by Crippen LogP contribution is 2.36. The molecule has 2 fully saturated rings. The number of benzene rings is 1. The summed E-state index contributed by atoms with van der Waals surface area (Å²) in [4.78, 5) is 12.6. The van der Waals surface area contributed by atoms with Gasteiger partial charge < -0.3 is 30.2 Å². The van der Waals surface area contributed by atoms with Gasteiger partial charge in [0, 0.05) is 5.56 Å². The molecule has 2 aromatic heterocycles. The average molecular weight is 368 g/mol. The van der Waals surface area contributed by atoms with E-state index in [0.29, 0.717) is 24.4 Å². The molecule has 4 heterocycles. The van der Waals surface area contributed by atoms with Gasteiger partial charge >= 0.3 is 0 Å². The maximum Gasteiger partial charge on any atom is 0.224 e. The maximum atomic E-state index is 6.20. The van der Waals surface area contributed by atoms with Crippen LogP contribution in [0.25, 0.3) is 11.2 Å². The van der Waals surface area contributed by atoms with E-state index < -0.39 is 0 Å². The molecule has 27 heavy (non-hydrogen) atoms. The predicted octanol–water partition coefficient (Wildman–Crippen LogP) is 1.43. The van der Waals surface area contributed by atoms with E-state index >= 15 is 0 Å². The Morgan fingerprint density at radius 3 is 2.70 bits per heavy atom. The molecule has 3 aromatic rings. The molecule has 5 rings (SSSR count). The zero-order valence-corrected chi connectivity index (χ0v) is 14.6. The molecule has 9 nitrogen and oxygen atoms in total. The smallest absolute Gasteiger partial charge is 0.224 e. The average Bonchev–Trinajstić information content (AvgIpc) is 3.12. The molecular formula is C18H20N6O3. The molecule has 0 amide bonds. The van der Waals surface area contributed by atoms with Crippen LogP contribution in [0.1, 0.15) is 24.3 Å². The van der Waals surface area contributed by atoms with Crippen LogP contribution < -0.4 is 11.5 Å². The van der Waals surface area contributed by atoms with Crippen LogP contribution in [0.2, 0.25) is 0 Å². The van der Waals surface area contributed by atoms with Crippen molar-refractivity contribution in [3.63, 3.8) is 0 Å². The number of anilines is 2. The molecule has 4 atom stereocenters. The lowest BCUT2D eigenvalue weighted by Crippen LogP contribution is -2.47. The van der Waals surface area contributed by atoms with Crippen LogP contribution in [0.4, 0.5) is 11.8 Å². The van der Waals surface area contributed by atoms with Gasteiger partial charge in [0.2, 0.25) is 5.95 Å². The number of nitrogens with two attached hydrogens (primary N) is 2. The minimum Gasteiger partial charge on any atom is -0.382 e. The van der Waals surface area contributed by atoms with Crippen LogP contribution in [0.5, 0.6) is 0 Å². The molecule has 9 heteroatoms. The lowest BCUT2D eigenvalue weighted by molar-refractivity contribution is -0.282. The minimum atomic E-state index is -0.386. The van der Waals surface area contributed by atoms with Gasteiger partial charge in [-0.05, 0) is 6.42 Å². The molecule has 2 aliphatic heterocycles. The van der Waals surface area contributed by atoms with E-state index in [0.717, 1.165) is 12.0 Å². The summed E-state index contributed by atoms with van der Waals surface area (Å²) in [6.07, 6.45) is 1.91. The number of aromatic nitrogens is 4. The molecule has 1 aromatic carbocycles. The molecule has 0 saturated carbocycles. The molecule has 140 valence electrons. The summed E-state index contributed by atoms with van der Waals surface area (Å²) in [6, 6.07) is 9.93. The minimum absolute atomic E-state index is 0.0134. The number of imidazole rings is 1. The van der Waals surface area contributed by atoms with Crippen molar-refractivity contribution in [3.05, 3.63) is 42.2 Å². The first-order valence-corrected chi connectivity index (χ1v) is 8.88. The normalized spacial score (nSPS) is 28.1. The summed E-state index contributed by atoms with van der Waals surface area (Å²) in [5.41, 5.74) is 13.8. The van der Waals surface area contributed by atoms with E-state index in [9.17, 15) is 0 Å². The third-order valence-corrected chi connectivity index (χ3v) is 5.06. The van der Waals surface area contributed by atoms with Crippen molar-refractivity contribution >= 4 is 22.9 Å². The summed E-state index contributed by atoms with van der Waals surface area (Å²) in [5.74, 6) is 0.403. The second-order valence-corrected chi connectivity index (χ2v) is 6.80. The molecular weight excluding hydrogens is 348 g/mol. The molecule has 0 bridgehead atoms. The molecule has 0 radical (unpaired) electrons. The van der Waals surface area contributed by atoms with Gasteiger partial charge in [-0.1, -0.05) is 30.3 Å². The first-order chi connectivity index (χ1) is 13.2. The van der Waals surface area contributed by atoms with Gasteiger partial charge in [0.05, 0.1) is 31.7 Å². The Balaban J connectivity index is 1.39. The van der Waals surface area contributed by atoms with Gasteiger partial charge in [-0.2, -0.15) is 9.97 Å². The number of nitrogen functional groups attached to an aromatic ring is 2. The fraction of sp³-hybridized carbons (Fsp3) is 0.389. The van der Waals surface area contributed by atoms with Crippen LogP contribution in [0.3, 0.4) is 0 Å². The maximum absolute atomic E-state index is 6.20. The topological polar surface area (TPSA) is 123 Å². The lowest BCUT2D eigenvalue weighted by atomic mass is 10.0. The summed E-state index contributed by atoms with van der Waals surface area (Å²) < 4.78 is 20.0. The number of ether oxygens (including phenoxy) is 3. The third kappa shape index (κ3) is 2.89. The Kier molecular flexibility index (Phi) is 3.92. The van der Waals surface area contributed by atoms with Gasteiger partial charge in [-0.15, -0.1) is 0 Å². The van der Waals surface area contributed by atoms with E-state index in [1.807, 2.05) is 34.9 Å². The third-order valence-electron chi connectivity index (χ3n) is 5.06. The number of hydrogen-bond donors (Lipinski definition) is 2. The molecule has 2 aliphatic rings. The van der Waals surface area contributed by atoms with Crippen LogP contribution in [-0.2, 0) is 14.2 Å². The van der Waals surface area contributed by atoms with Crippen LogP contribution >= 0.6 is 0 Å². The van der Waals surface area contributed by atoms with Crippen molar-refractivity contribution in [1.82, 2.24) is 19.5 Å². The first-order valence-electron chi connectivity index (χ1n) is 8.88. The quantitative estimate of drug-likeness (QED) is 0.696. The summed E-state index contributed by atoms with van der Waals surface area (Å²) in [6.45, 7) is 1.02. The number of hydrogen-bond acceptors (Lipinski definition) is 8. The monoisotopic (exact) mass is 368 g/mol. The van der Waals surface area contributed by atoms with Crippen molar-refractivity contribution in [2.24, 2.45) is 0 Å². The van der Waals surface area contributed by atoms with E-state index in [-0.39, 0.29) is 36.3 Å². The Morgan fingerprint density at radius 2 is 1.85 bits per heavy atom. The second kappa shape index (κ2) is 6.45. The molecule has 1 unspecified atom stereocenters. The Bertz CT molecular complexity index is 962. The SMILES string of the molecule is Nc1nc(N)c2ncn([C@@H]3CO[C@@H]4COC(c5ccccc5)O[C@H]4C3)c2n1. The standard InChI is InChI=1S/C18H20N6O3/c19-15-14-16(23-18(20)22-15)24(9-21-14)11-6-12-13(25-7-11)8-26-17(27-12)10-4-2-1-3-5-10/h1-5,9,11-13,17H,6-8H2,(H4,19,20,22,23)/t11-,12-,13+,17?/m0/s1. The van der Waals surface area contributed by atoms with E-state index in [1.54, 1.807) is 6.33 Å². The Morgan fingerprint density at radius 1 is 1.00 bits per heavy atom. The molecule has 4 N–H and O–H groups in total. The fourth-order valence-electron chi connectivity index (χ4n) is 3.71. The summed E-state index contributed by atoms with van der Waals surface area (Å²) >= 11 is 0. The summed E-state index contributed by atoms with van der Waals surface area (Å²) in [7, 11) is 0. The summed E-state index contributed by atoms with van der Waals surface area (Å²) in [5, 5.41) is 0.